The highest BCUT2D eigenvalue weighted by Gasteiger charge is 2.45. The number of aliphatic hydroxyl groups is 1. The van der Waals surface area contributed by atoms with Crippen LogP contribution in [0.2, 0.25) is 10.0 Å². The highest BCUT2D eigenvalue weighted by molar-refractivity contribution is 6.31. The fourth-order valence-electron chi connectivity index (χ4n) is 4.15. The lowest BCUT2D eigenvalue weighted by molar-refractivity contribution is -0.117. The van der Waals surface area contributed by atoms with Gasteiger partial charge in [-0.1, -0.05) is 35.3 Å². The lowest BCUT2D eigenvalue weighted by Gasteiger charge is -2.26. The molecule has 6 nitrogen and oxygen atoms in total. The fraction of sp³-hybridized carbons (Fsp3) is 0.0769. The van der Waals surface area contributed by atoms with Crippen LogP contribution in [0.15, 0.2) is 82.5 Å². The molecular weight excluding hydrogens is 496 g/mol. The van der Waals surface area contributed by atoms with E-state index in [4.69, 9.17) is 32.4 Å². The molecule has 0 bridgehead atoms. The third-order valence-corrected chi connectivity index (χ3v) is 6.20. The Balaban J connectivity index is 1.66. The zero-order valence-corrected chi connectivity index (χ0v) is 19.6. The number of furan rings is 1. The van der Waals surface area contributed by atoms with E-state index in [1.807, 2.05) is 0 Å². The van der Waals surface area contributed by atoms with Gasteiger partial charge in [0.15, 0.2) is 22.9 Å². The first-order valence-corrected chi connectivity index (χ1v) is 11.1. The Morgan fingerprint density at radius 3 is 2.37 bits per heavy atom. The van der Waals surface area contributed by atoms with E-state index >= 15 is 0 Å². The third kappa shape index (κ3) is 3.92. The molecule has 1 aromatic heterocycles. The molecule has 0 saturated carbocycles. The summed E-state index contributed by atoms with van der Waals surface area (Å²) in [7, 11) is 1.44. The Hall–Kier alpha value is -3.81. The van der Waals surface area contributed by atoms with Crippen molar-refractivity contribution >= 4 is 51.5 Å². The van der Waals surface area contributed by atoms with Crippen LogP contribution in [-0.2, 0) is 4.79 Å². The van der Waals surface area contributed by atoms with Crippen molar-refractivity contribution in [3.05, 3.63) is 105 Å². The van der Waals surface area contributed by atoms with Gasteiger partial charge in [-0.05, 0) is 54.1 Å². The second-order valence-corrected chi connectivity index (χ2v) is 8.71. The molecule has 1 atom stereocenters. The van der Waals surface area contributed by atoms with Crippen LogP contribution in [0, 0.1) is 5.82 Å². The minimum Gasteiger partial charge on any atom is -0.503 e. The van der Waals surface area contributed by atoms with Crippen LogP contribution in [0.4, 0.5) is 10.1 Å². The molecule has 3 aromatic carbocycles. The largest absolute Gasteiger partial charge is 0.503 e. The summed E-state index contributed by atoms with van der Waals surface area (Å²) in [6.07, 6.45) is 0. The van der Waals surface area contributed by atoms with E-state index in [9.17, 15) is 19.1 Å². The summed E-state index contributed by atoms with van der Waals surface area (Å²) in [5.74, 6) is -2.52. The summed E-state index contributed by atoms with van der Waals surface area (Å²) in [4.78, 5) is 28.1. The van der Waals surface area contributed by atoms with Gasteiger partial charge in [-0.2, -0.15) is 0 Å². The number of halogens is 3. The number of carbonyl (C=O) groups excluding carboxylic acids is 2. The van der Waals surface area contributed by atoms with Gasteiger partial charge in [0.1, 0.15) is 5.82 Å². The number of rotatable bonds is 5. The number of ether oxygens (including phenoxy) is 1. The molecule has 1 unspecified atom stereocenters. The van der Waals surface area contributed by atoms with Crippen LogP contribution in [0.5, 0.6) is 5.75 Å². The topological polar surface area (TPSA) is 80.0 Å². The van der Waals surface area contributed by atoms with Gasteiger partial charge < -0.3 is 14.3 Å². The van der Waals surface area contributed by atoms with E-state index in [1.165, 1.54) is 42.3 Å². The zero-order valence-electron chi connectivity index (χ0n) is 18.1. The molecule has 0 fully saturated rings. The number of amides is 1. The van der Waals surface area contributed by atoms with Gasteiger partial charge in [0.2, 0.25) is 5.78 Å². The number of fused-ring (bicyclic) bond motifs is 1. The lowest BCUT2D eigenvalue weighted by Crippen LogP contribution is -2.31. The van der Waals surface area contributed by atoms with E-state index in [0.29, 0.717) is 32.4 Å². The highest BCUT2D eigenvalue weighted by atomic mass is 35.5. The van der Waals surface area contributed by atoms with Crippen molar-refractivity contribution in [1.82, 2.24) is 0 Å². The summed E-state index contributed by atoms with van der Waals surface area (Å²) in [6, 6.07) is 15.2. The van der Waals surface area contributed by atoms with Gasteiger partial charge in [-0.3, -0.25) is 14.5 Å². The molecule has 5 rings (SSSR count). The van der Waals surface area contributed by atoms with Gasteiger partial charge in [0.25, 0.3) is 5.91 Å². The number of hydrogen-bond donors (Lipinski definition) is 1. The van der Waals surface area contributed by atoms with E-state index < -0.39 is 29.3 Å². The molecule has 9 heteroatoms. The fourth-order valence-corrected chi connectivity index (χ4v) is 4.49. The molecule has 0 saturated heterocycles. The number of nitrogens with zero attached hydrogens (tertiary/aromatic N) is 1. The molecule has 0 aliphatic carbocycles. The molecule has 4 aromatic rings. The zero-order chi connectivity index (χ0) is 24.9. The van der Waals surface area contributed by atoms with E-state index in [-0.39, 0.29) is 16.9 Å². The molecule has 1 aliphatic rings. The number of methoxy groups -OCH3 is 1. The van der Waals surface area contributed by atoms with Crippen LogP contribution in [0.25, 0.3) is 11.0 Å². The number of aliphatic hydroxyl groups excluding tert-OH is 1. The van der Waals surface area contributed by atoms with Crippen molar-refractivity contribution in [3.63, 3.8) is 0 Å². The lowest BCUT2D eigenvalue weighted by atomic mass is 9.94. The Morgan fingerprint density at radius 2 is 1.71 bits per heavy atom. The first-order valence-electron chi connectivity index (χ1n) is 10.4. The normalized spacial score (nSPS) is 15.8. The maximum atomic E-state index is 13.7. The van der Waals surface area contributed by atoms with Crippen LogP contribution < -0.4 is 9.64 Å². The van der Waals surface area contributed by atoms with Crippen LogP contribution >= 0.6 is 23.2 Å². The van der Waals surface area contributed by atoms with Crippen molar-refractivity contribution in [3.8, 4) is 5.75 Å². The van der Waals surface area contributed by atoms with Crippen molar-refractivity contribution in [2.75, 3.05) is 12.0 Å². The van der Waals surface area contributed by atoms with Gasteiger partial charge in [-0.15, -0.1) is 0 Å². The second kappa shape index (κ2) is 8.76. The number of carbonyl (C=O) groups is 2. The molecule has 2 heterocycles. The van der Waals surface area contributed by atoms with Gasteiger partial charge in [-0.25, -0.2) is 4.39 Å². The Kier molecular flexibility index (Phi) is 5.75. The Morgan fingerprint density at radius 1 is 1.03 bits per heavy atom. The van der Waals surface area contributed by atoms with Gasteiger partial charge in [0.05, 0.1) is 18.7 Å². The maximum Gasteiger partial charge on any atom is 0.294 e. The molecule has 1 aliphatic heterocycles. The summed E-state index contributed by atoms with van der Waals surface area (Å²) in [6.45, 7) is 0. The molecule has 35 heavy (non-hydrogen) atoms. The second-order valence-electron chi connectivity index (χ2n) is 7.83. The van der Waals surface area contributed by atoms with E-state index in [0.717, 1.165) is 0 Å². The average Bonchev–Trinajstić information content (AvgIpc) is 3.38. The SMILES string of the molecule is COc1cc(Cl)cc2cc(C(=O)C3=C(O)C(=O)N(c4ccc(Cl)cc4)C3c3ccc(F)cc3)oc12. The van der Waals surface area contributed by atoms with Crippen molar-refractivity contribution in [2.45, 2.75) is 6.04 Å². The summed E-state index contributed by atoms with van der Waals surface area (Å²) < 4.78 is 24.7. The third-order valence-electron chi connectivity index (χ3n) is 5.73. The smallest absolute Gasteiger partial charge is 0.294 e. The van der Waals surface area contributed by atoms with E-state index in [1.54, 1.807) is 36.4 Å². The molecule has 1 N–H and O–H groups in total. The van der Waals surface area contributed by atoms with Gasteiger partial charge >= 0.3 is 0 Å². The average molecular weight is 512 g/mol. The van der Waals surface area contributed by atoms with Crippen LogP contribution in [0.3, 0.4) is 0 Å². The summed E-state index contributed by atoms with van der Waals surface area (Å²) in [5.41, 5.74) is 0.887. The number of Topliss-reactive ketones (excluding diaryl/α,β-unsaturated/α-hetero) is 1. The van der Waals surface area contributed by atoms with Crippen molar-refractivity contribution < 1.29 is 28.2 Å². The van der Waals surface area contributed by atoms with Crippen molar-refractivity contribution in [2.24, 2.45) is 0 Å². The quantitative estimate of drug-likeness (QED) is 0.302. The number of benzene rings is 3. The number of anilines is 1. The minimum absolute atomic E-state index is 0.125. The highest BCUT2D eigenvalue weighted by Crippen LogP contribution is 2.43. The molecular formula is C26H16Cl2FNO5. The summed E-state index contributed by atoms with van der Waals surface area (Å²) in [5, 5.41) is 12.2. The van der Waals surface area contributed by atoms with Crippen LogP contribution in [-0.4, -0.2) is 23.9 Å². The van der Waals surface area contributed by atoms with Crippen molar-refractivity contribution in [1.29, 1.82) is 0 Å². The van der Waals surface area contributed by atoms with Crippen LogP contribution in [0.1, 0.15) is 22.2 Å². The molecule has 1 amide bonds. The predicted molar refractivity (Wildman–Crippen MR) is 130 cm³/mol. The number of ketones is 1. The molecule has 176 valence electrons. The maximum absolute atomic E-state index is 13.7. The summed E-state index contributed by atoms with van der Waals surface area (Å²) >= 11 is 12.1. The monoisotopic (exact) mass is 511 g/mol. The van der Waals surface area contributed by atoms with E-state index in [2.05, 4.69) is 0 Å². The van der Waals surface area contributed by atoms with Gasteiger partial charge in [0, 0.05) is 27.2 Å². The molecule has 0 spiro atoms. The molecule has 0 radical (unpaired) electrons. The first-order chi connectivity index (χ1) is 16.8. The first kappa shape index (κ1) is 23.0. The Bertz CT molecular complexity index is 1510. The number of hydrogen-bond acceptors (Lipinski definition) is 5. The Labute approximate surface area is 208 Å². The minimum atomic E-state index is -1.05. The predicted octanol–water partition coefficient (Wildman–Crippen LogP) is 6.67. The standard InChI is InChI=1S/C26H16Cl2FNO5/c1-34-20-12-16(28)10-14-11-19(35-25(14)20)23(31)21-22(13-2-6-17(29)7-3-13)30(26(33)24(21)32)18-8-4-15(27)5-9-18/h2-12,22,32H,1H3.